The lowest BCUT2D eigenvalue weighted by Crippen LogP contribution is -2.45. The lowest BCUT2D eigenvalue weighted by molar-refractivity contribution is 0.242. The fourth-order valence-electron chi connectivity index (χ4n) is 4.23. The van der Waals surface area contributed by atoms with Crippen molar-refractivity contribution < 1.29 is 14.6 Å². The molecule has 0 bridgehead atoms. The van der Waals surface area contributed by atoms with Gasteiger partial charge in [0.05, 0.1) is 20.8 Å². The number of benzene rings is 1. The van der Waals surface area contributed by atoms with Gasteiger partial charge in [0.15, 0.2) is 17.5 Å². The first-order valence-corrected chi connectivity index (χ1v) is 10.4. The van der Waals surface area contributed by atoms with Crippen LogP contribution in [0, 0.1) is 0 Å². The summed E-state index contributed by atoms with van der Waals surface area (Å²) in [5.74, 6) is 1.63. The number of likely N-dealkylation sites (tertiary alicyclic amines) is 1. The minimum atomic E-state index is 0.0146. The highest BCUT2D eigenvalue weighted by atomic mass is 16.5. The van der Waals surface area contributed by atoms with E-state index in [0.29, 0.717) is 24.1 Å². The molecule has 1 saturated carbocycles. The van der Waals surface area contributed by atoms with Crippen LogP contribution in [0.15, 0.2) is 17.1 Å². The average molecular weight is 391 g/mol. The molecule has 0 spiro atoms. The van der Waals surface area contributed by atoms with Crippen molar-refractivity contribution in [2.24, 2.45) is 4.99 Å². The first-order valence-electron chi connectivity index (χ1n) is 10.4. The molecule has 3 N–H and O–H groups in total. The molecule has 7 nitrogen and oxygen atoms in total. The molecular formula is C21H34N4O3. The Hall–Kier alpha value is -2.15. The fraction of sp³-hybridized carbons (Fsp3) is 0.667. The molecule has 1 unspecified atom stereocenters. The van der Waals surface area contributed by atoms with E-state index in [2.05, 4.69) is 22.5 Å². The minimum absolute atomic E-state index is 0.0146. The van der Waals surface area contributed by atoms with Gasteiger partial charge in [-0.25, -0.2) is 4.99 Å². The Kier molecular flexibility index (Phi) is 7.25. The van der Waals surface area contributed by atoms with Gasteiger partial charge in [-0.1, -0.05) is 12.8 Å². The quantitative estimate of drug-likeness (QED) is 0.490. The van der Waals surface area contributed by atoms with Gasteiger partial charge in [0.2, 0.25) is 5.75 Å². The Morgan fingerprint density at radius 3 is 2.46 bits per heavy atom. The van der Waals surface area contributed by atoms with Crippen molar-refractivity contribution in [2.75, 3.05) is 33.9 Å². The molecule has 2 fully saturated rings. The highest BCUT2D eigenvalue weighted by Crippen LogP contribution is 2.37. The van der Waals surface area contributed by atoms with Crippen molar-refractivity contribution >= 4 is 5.96 Å². The summed E-state index contributed by atoms with van der Waals surface area (Å²) >= 11 is 0. The lowest BCUT2D eigenvalue weighted by Gasteiger charge is -2.24. The van der Waals surface area contributed by atoms with Gasteiger partial charge in [-0.15, -0.1) is 0 Å². The van der Waals surface area contributed by atoms with Gasteiger partial charge in [-0.2, -0.15) is 0 Å². The number of phenolic OH excluding ortho intramolecular Hbond substituents is 1. The second kappa shape index (κ2) is 9.87. The molecule has 0 radical (unpaired) electrons. The Labute approximate surface area is 168 Å². The van der Waals surface area contributed by atoms with E-state index in [0.717, 1.165) is 37.1 Å². The van der Waals surface area contributed by atoms with Crippen LogP contribution in [0.4, 0.5) is 0 Å². The summed E-state index contributed by atoms with van der Waals surface area (Å²) in [6, 6.07) is 4.80. The van der Waals surface area contributed by atoms with Gasteiger partial charge >= 0.3 is 0 Å². The average Bonchev–Trinajstić information content (AvgIpc) is 3.38. The summed E-state index contributed by atoms with van der Waals surface area (Å²) in [4.78, 5) is 7.38. The molecule has 1 aromatic carbocycles. The summed E-state index contributed by atoms with van der Waals surface area (Å²) in [6.45, 7) is 5.63. The Bertz CT molecular complexity index is 649. The molecule has 2 aliphatic rings. The van der Waals surface area contributed by atoms with E-state index in [1.807, 2.05) is 0 Å². The molecule has 28 heavy (non-hydrogen) atoms. The maximum atomic E-state index is 10.1. The number of nitrogens with zero attached hydrogens (tertiary/aromatic N) is 2. The largest absolute Gasteiger partial charge is 0.502 e. The molecule has 0 aromatic heterocycles. The van der Waals surface area contributed by atoms with Crippen molar-refractivity contribution in [3.63, 3.8) is 0 Å². The van der Waals surface area contributed by atoms with E-state index in [4.69, 9.17) is 14.5 Å². The Morgan fingerprint density at radius 2 is 1.86 bits per heavy atom. The summed E-state index contributed by atoms with van der Waals surface area (Å²) in [6.07, 6.45) is 6.62. The zero-order chi connectivity index (χ0) is 19.9. The standard InChI is InChI=1S/C21H34N4O3/c1-4-22-21(24-16-9-10-25(14-16)17-7-5-6-8-17)23-13-15-11-18(27-2)20(26)19(12-15)28-3/h11-12,16-17,26H,4-10,13-14H2,1-3H3,(H2,22,23,24). The number of methoxy groups -OCH3 is 2. The second-order valence-corrected chi connectivity index (χ2v) is 7.61. The highest BCUT2D eigenvalue weighted by Gasteiger charge is 2.30. The van der Waals surface area contributed by atoms with Crippen LogP contribution in [0.2, 0.25) is 0 Å². The summed E-state index contributed by atoms with van der Waals surface area (Å²) in [5, 5.41) is 17.0. The van der Waals surface area contributed by atoms with Gasteiger partial charge in [0.25, 0.3) is 0 Å². The molecule has 1 saturated heterocycles. The Balaban J connectivity index is 1.63. The van der Waals surface area contributed by atoms with Crippen molar-refractivity contribution in [3.8, 4) is 17.2 Å². The zero-order valence-electron chi connectivity index (χ0n) is 17.3. The van der Waals surface area contributed by atoms with Crippen LogP contribution in [-0.4, -0.2) is 61.9 Å². The van der Waals surface area contributed by atoms with Crippen molar-refractivity contribution in [1.29, 1.82) is 0 Å². The van der Waals surface area contributed by atoms with Crippen molar-refractivity contribution in [3.05, 3.63) is 17.7 Å². The summed E-state index contributed by atoms with van der Waals surface area (Å²) < 4.78 is 10.5. The number of guanidine groups is 1. The third-order valence-electron chi connectivity index (χ3n) is 5.71. The number of ether oxygens (including phenoxy) is 2. The minimum Gasteiger partial charge on any atom is -0.502 e. The van der Waals surface area contributed by atoms with Gasteiger partial charge < -0.3 is 25.2 Å². The van der Waals surface area contributed by atoms with Crippen LogP contribution < -0.4 is 20.1 Å². The first-order chi connectivity index (χ1) is 13.6. The van der Waals surface area contributed by atoms with Gasteiger partial charge in [-0.3, -0.25) is 4.90 Å². The highest BCUT2D eigenvalue weighted by molar-refractivity contribution is 5.80. The maximum Gasteiger partial charge on any atom is 0.200 e. The van der Waals surface area contributed by atoms with Crippen LogP contribution in [0.25, 0.3) is 0 Å². The van der Waals surface area contributed by atoms with Crippen LogP contribution in [0.1, 0.15) is 44.6 Å². The molecule has 1 atom stereocenters. The van der Waals surface area contributed by atoms with Gasteiger partial charge in [-0.05, 0) is 43.9 Å². The molecule has 1 aromatic rings. The molecule has 3 rings (SSSR count). The third-order valence-corrected chi connectivity index (χ3v) is 5.71. The molecule has 156 valence electrons. The van der Waals surface area contributed by atoms with Crippen molar-refractivity contribution in [2.45, 2.75) is 57.7 Å². The predicted molar refractivity (Wildman–Crippen MR) is 111 cm³/mol. The van der Waals surface area contributed by atoms with E-state index < -0.39 is 0 Å². The number of rotatable bonds is 7. The molecule has 7 heteroatoms. The number of aromatic hydroxyl groups is 1. The van der Waals surface area contributed by atoms with E-state index in [-0.39, 0.29) is 5.75 Å². The van der Waals surface area contributed by atoms with Crippen LogP contribution in [0.5, 0.6) is 17.2 Å². The van der Waals surface area contributed by atoms with E-state index in [1.165, 1.54) is 46.4 Å². The topological polar surface area (TPSA) is 78.4 Å². The second-order valence-electron chi connectivity index (χ2n) is 7.61. The van der Waals surface area contributed by atoms with Gasteiger partial charge in [0.1, 0.15) is 0 Å². The molecule has 0 amide bonds. The normalized spacial score (nSPS) is 21.1. The molecule has 1 heterocycles. The van der Waals surface area contributed by atoms with E-state index in [1.54, 1.807) is 12.1 Å². The number of nitrogens with one attached hydrogen (secondary N) is 2. The number of phenols is 1. The summed E-state index contributed by atoms with van der Waals surface area (Å²) in [5.41, 5.74) is 0.919. The predicted octanol–water partition coefficient (Wildman–Crippen LogP) is 2.48. The van der Waals surface area contributed by atoms with E-state index >= 15 is 0 Å². The smallest absolute Gasteiger partial charge is 0.200 e. The van der Waals surface area contributed by atoms with Crippen LogP contribution in [-0.2, 0) is 6.54 Å². The van der Waals surface area contributed by atoms with Crippen molar-refractivity contribution in [1.82, 2.24) is 15.5 Å². The van der Waals surface area contributed by atoms with E-state index in [9.17, 15) is 5.11 Å². The fourth-order valence-corrected chi connectivity index (χ4v) is 4.23. The third kappa shape index (κ3) is 5.01. The molecule has 1 aliphatic heterocycles. The lowest BCUT2D eigenvalue weighted by atomic mass is 10.2. The Morgan fingerprint density at radius 1 is 1.18 bits per heavy atom. The SMILES string of the molecule is CCNC(=NCc1cc(OC)c(O)c(OC)c1)NC1CCN(C2CCCC2)C1. The first kappa shape index (κ1) is 20.6. The summed E-state index contributed by atoms with van der Waals surface area (Å²) in [7, 11) is 3.06. The van der Waals surface area contributed by atoms with Crippen LogP contribution >= 0.6 is 0 Å². The monoisotopic (exact) mass is 390 g/mol. The molecular weight excluding hydrogens is 356 g/mol. The number of aliphatic imine (C=N–C) groups is 1. The molecule has 1 aliphatic carbocycles. The number of hydrogen-bond donors (Lipinski definition) is 3. The number of hydrogen-bond acceptors (Lipinski definition) is 5. The van der Waals surface area contributed by atoms with Gasteiger partial charge in [0, 0.05) is 31.7 Å². The zero-order valence-corrected chi connectivity index (χ0v) is 17.3. The van der Waals surface area contributed by atoms with Crippen LogP contribution in [0.3, 0.4) is 0 Å². The maximum absolute atomic E-state index is 10.1.